The van der Waals surface area contributed by atoms with Gasteiger partial charge in [0.25, 0.3) is 0 Å². The lowest BCUT2D eigenvalue weighted by molar-refractivity contribution is 0.370. The van der Waals surface area contributed by atoms with Crippen LogP contribution in [0.3, 0.4) is 0 Å². The van der Waals surface area contributed by atoms with E-state index in [0.717, 1.165) is 18.4 Å². The van der Waals surface area contributed by atoms with E-state index in [1.165, 1.54) is 22.7 Å². The summed E-state index contributed by atoms with van der Waals surface area (Å²) < 4.78 is 0. The van der Waals surface area contributed by atoms with Gasteiger partial charge in [-0.2, -0.15) is 0 Å². The molecule has 84 valence electrons. The van der Waals surface area contributed by atoms with Gasteiger partial charge in [0.15, 0.2) is 0 Å². The standard InChI is InChI=1S/C12H20N2S/c1-8-4-5-12(9(8)2)14-7-11-6-13-10(3)15-11/h6,8-9,12,14H,4-5,7H2,1-3H3. The molecule has 0 aromatic carbocycles. The maximum Gasteiger partial charge on any atom is 0.0897 e. The summed E-state index contributed by atoms with van der Waals surface area (Å²) >= 11 is 1.80. The Bertz CT molecular complexity index is 321. The van der Waals surface area contributed by atoms with Crippen LogP contribution in [0.1, 0.15) is 36.6 Å². The molecule has 1 fully saturated rings. The lowest BCUT2D eigenvalue weighted by Gasteiger charge is -2.19. The molecule has 0 aliphatic heterocycles. The molecule has 1 aliphatic rings. The molecule has 1 N–H and O–H groups in total. The molecule has 2 rings (SSSR count). The molecule has 0 spiro atoms. The lowest BCUT2D eigenvalue weighted by atomic mass is 9.98. The number of hydrogen-bond donors (Lipinski definition) is 1. The highest BCUT2D eigenvalue weighted by atomic mass is 32.1. The van der Waals surface area contributed by atoms with Gasteiger partial charge >= 0.3 is 0 Å². The Kier molecular flexibility index (Phi) is 3.42. The lowest BCUT2D eigenvalue weighted by Crippen LogP contribution is -2.31. The molecule has 15 heavy (non-hydrogen) atoms. The first-order chi connectivity index (χ1) is 7.16. The van der Waals surface area contributed by atoms with E-state index >= 15 is 0 Å². The Hall–Kier alpha value is -0.410. The Labute approximate surface area is 96.1 Å². The van der Waals surface area contributed by atoms with Crippen LogP contribution in [0.4, 0.5) is 0 Å². The van der Waals surface area contributed by atoms with E-state index in [2.05, 4.69) is 31.1 Å². The summed E-state index contributed by atoms with van der Waals surface area (Å²) in [4.78, 5) is 5.63. The van der Waals surface area contributed by atoms with Crippen LogP contribution in [0.25, 0.3) is 0 Å². The maximum absolute atomic E-state index is 4.27. The third-order valence-electron chi connectivity index (χ3n) is 3.67. The van der Waals surface area contributed by atoms with Gasteiger partial charge < -0.3 is 5.32 Å². The van der Waals surface area contributed by atoms with Gasteiger partial charge in [-0.3, -0.25) is 0 Å². The number of aromatic nitrogens is 1. The zero-order valence-electron chi connectivity index (χ0n) is 9.79. The molecule has 0 amide bonds. The first-order valence-electron chi connectivity index (χ1n) is 5.81. The summed E-state index contributed by atoms with van der Waals surface area (Å²) in [5, 5.41) is 4.83. The van der Waals surface area contributed by atoms with E-state index in [9.17, 15) is 0 Å². The van der Waals surface area contributed by atoms with Crippen LogP contribution in [0.2, 0.25) is 0 Å². The largest absolute Gasteiger partial charge is 0.309 e. The first-order valence-corrected chi connectivity index (χ1v) is 6.63. The minimum atomic E-state index is 0.711. The predicted octanol–water partition coefficient (Wildman–Crippen LogP) is 2.98. The van der Waals surface area contributed by atoms with Crippen molar-refractivity contribution >= 4 is 11.3 Å². The van der Waals surface area contributed by atoms with Gasteiger partial charge in [-0.05, 0) is 31.6 Å². The predicted molar refractivity (Wildman–Crippen MR) is 65.0 cm³/mol. The summed E-state index contributed by atoms with van der Waals surface area (Å²) in [6, 6.07) is 0.711. The van der Waals surface area contributed by atoms with Crippen LogP contribution < -0.4 is 5.32 Å². The van der Waals surface area contributed by atoms with Crippen molar-refractivity contribution in [1.29, 1.82) is 0 Å². The highest BCUT2D eigenvalue weighted by Gasteiger charge is 2.28. The van der Waals surface area contributed by atoms with Gasteiger partial charge in [0.1, 0.15) is 0 Å². The molecule has 2 nitrogen and oxygen atoms in total. The normalized spacial score (nSPS) is 31.0. The molecule has 1 aromatic heterocycles. The SMILES string of the molecule is Cc1ncc(CNC2CCC(C)C2C)s1. The summed E-state index contributed by atoms with van der Waals surface area (Å²) in [5.74, 6) is 1.70. The Balaban J connectivity index is 1.83. The molecule has 1 saturated carbocycles. The topological polar surface area (TPSA) is 24.9 Å². The average Bonchev–Trinajstić information content (AvgIpc) is 2.74. The first kappa shape index (κ1) is 11.1. The van der Waals surface area contributed by atoms with Crippen molar-refractivity contribution in [2.45, 2.75) is 46.2 Å². The van der Waals surface area contributed by atoms with Crippen molar-refractivity contribution in [3.8, 4) is 0 Å². The van der Waals surface area contributed by atoms with Crippen molar-refractivity contribution in [2.24, 2.45) is 11.8 Å². The van der Waals surface area contributed by atoms with E-state index in [1.54, 1.807) is 11.3 Å². The smallest absolute Gasteiger partial charge is 0.0897 e. The fourth-order valence-corrected chi connectivity index (χ4v) is 3.12. The number of hydrogen-bond acceptors (Lipinski definition) is 3. The second kappa shape index (κ2) is 4.62. The molecule has 3 atom stereocenters. The Morgan fingerprint density at radius 1 is 1.47 bits per heavy atom. The molecular formula is C12H20N2S. The summed E-state index contributed by atoms with van der Waals surface area (Å²) in [6.07, 6.45) is 4.71. The van der Waals surface area contributed by atoms with Gasteiger partial charge in [0.2, 0.25) is 0 Å². The van der Waals surface area contributed by atoms with Gasteiger partial charge in [-0.25, -0.2) is 4.98 Å². The fourth-order valence-electron chi connectivity index (χ4n) is 2.37. The van der Waals surface area contributed by atoms with Gasteiger partial charge in [-0.1, -0.05) is 13.8 Å². The Morgan fingerprint density at radius 3 is 2.80 bits per heavy atom. The van der Waals surface area contributed by atoms with Crippen LogP contribution in [-0.2, 0) is 6.54 Å². The number of thiazole rings is 1. The van der Waals surface area contributed by atoms with Gasteiger partial charge in [0, 0.05) is 23.7 Å². The van der Waals surface area contributed by atoms with E-state index in [4.69, 9.17) is 0 Å². The second-order valence-corrected chi connectivity index (χ2v) is 6.07. The Morgan fingerprint density at radius 2 is 2.27 bits per heavy atom. The summed E-state index contributed by atoms with van der Waals surface area (Å²) in [6.45, 7) is 7.79. The molecule has 1 aromatic rings. The summed E-state index contributed by atoms with van der Waals surface area (Å²) in [7, 11) is 0. The number of nitrogens with one attached hydrogen (secondary N) is 1. The molecule has 3 heteroatoms. The number of rotatable bonds is 3. The van der Waals surface area contributed by atoms with Crippen LogP contribution in [-0.4, -0.2) is 11.0 Å². The highest BCUT2D eigenvalue weighted by Crippen LogP contribution is 2.31. The van der Waals surface area contributed by atoms with Crippen molar-refractivity contribution in [2.75, 3.05) is 0 Å². The molecule has 0 saturated heterocycles. The summed E-state index contributed by atoms with van der Waals surface area (Å²) in [5.41, 5.74) is 0. The third kappa shape index (κ3) is 2.58. The monoisotopic (exact) mass is 224 g/mol. The zero-order valence-corrected chi connectivity index (χ0v) is 10.6. The average molecular weight is 224 g/mol. The highest BCUT2D eigenvalue weighted by molar-refractivity contribution is 7.11. The van der Waals surface area contributed by atoms with Crippen LogP contribution >= 0.6 is 11.3 Å². The minimum absolute atomic E-state index is 0.711. The minimum Gasteiger partial charge on any atom is -0.309 e. The number of nitrogens with zero attached hydrogens (tertiary/aromatic N) is 1. The van der Waals surface area contributed by atoms with Gasteiger partial charge in [-0.15, -0.1) is 11.3 Å². The number of aryl methyl sites for hydroxylation is 1. The van der Waals surface area contributed by atoms with E-state index in [-0.39, 0.29) is 0 Å². The molecule has 3 unspecified atom stereocenters. The molecule has 0 radical (unpaired) electrons. The van der Waals surface area contributed by atoms with Crippen molar-refractivity contribution in [3.63, 3.8) is 0 Å². The molecule has 0 bridgehead atoms. The van der Waals surface area contributed by atoms with E-state index < -0.39 is 0 Å². The third-order valence-corrected chi connectivity index (χ3v) is 4.59. The maximum atomic E-state index is 4.27. The van der Waals surface area contributed by atoms with E-state index in [0.29, 0.717) is 6.04 Å². The van der Waals surface area contributed by atoms with Gasteiger partial charge in [0.05, 0.1) is 5.01 Å². The zero-order chi connectivity index (χ0) is 10.8. The van der Waals surface area contributed by atoms with Crippen molar-refractivity contribution < 1.29 is 0 Å². The molecular weight excluding hydrogens is 204 g/mol. The fraction of sp³-hybridized carbons (Fsp3) is 0.750. The molecule has 1 aliphatic carbocycles. The quantitative estimate of drug-likeness (QED) is 0.854. The van der Waals surface area contributed by atoms with Crippen molar-refractivity contribution in [3.05, 3.63) is 16.1 Å². The van der Waals surface area contributed by atoms with Crippen LogP contribution in [0, 0.1) is 18.8 Å². The second-order valence-electron chi connectivity index (χ2n) is 4.75. The molecule has 1 heterocycles. The van der Waals surface area contributed by atoms with Crippen molar-refractivity contribution in [1.82, 2.24) is 10.3 Å². The van der Waals surface area contributed by atoms with Crippen LogP contribution in [0.15, 0.2) is 6.20 Å². The van der Waals surface area contributed by atoms with E-state index in [1.807, 2.05) is 6.20 Å². The van der Waals surface area contributed by atoms with Crippen LogP contribution in [0.5, 0.6) is 0 Å².